The van der Waals surface area contributed by atoms with Gasteiger partial charge < -0.3 is 13.4 Å². The Kier molecular flexibility index (Phi) is 103. The van der Waals surface area contributed by atoms with Crippen molar-refractivity contribution in [2.24, 2.45) is 7.05 Å². The molecule has 0 spiro atoms. The van der Waals surface area contributed by atoms with Gasteiger partial charge in [-0.2, -0.15) is 11.3 Å². The largest absolute Gasteiger partial charge is 0.473 e. The van der Waals surface area contributed by atoms with Gasteiger partial charge in [-0.25, -0.2) is 19.7 Å². The van der Waals surface area contributed by atoms with Crippen molar-refractivity contribution in [3.8, 4) is 11.1 Å². The molecule has 0 amide bonds. The molecule has 7 nitrogen and oxygen atoms in total. The maximum Gasteiger partial charge on any atom is 0.336 e. The van der Waals surface area contributed by atoms with Gasteiger partial charge in [0.2, 0.25) is 0 Å². The van der Waals surface area contributed by atoms with Crippen molar-refractivity contribution in [3.63, 3.8) is 0 Å². The van der Waals surface area contributed by atoms with E-state index in [0.717, 1.165) is 22.9 Å². The lowest BCUT2D eigenvalue weighted by Gasteiger charge is -2.04. The predicted molar refractivity (Wildman–Crippen MR) is 577 cm³/mol. The summed E-state index contributed by atoms with van der Waals surface area (Å²) < 4.78 is 11.5. The van der Waals surface area contributed by atoms with Crippen molar-refractivity contribution in [2.45, 2.75) is 242 Å². The molecule has 5 aromatic heterocycles. The van der Waals surface area contributed by atoms with Crippen LogP contribution in [-0.4, -0.2) is 19.5 Å². The lowest BCUT2D eigenvalue weighted by atomic mass is 10.0. The number of fused-ring (bicyclic) bond motifs is 2. The molecule has 9 aromatic carbocycles. The molecule has 0 aliphatic rings. The zero-order chi connectivity index (χ0) is 97.2. The smallest absolute Gasteiger partial charge is 0.336 e. The van der Waals surface area contributed by atoms with Gasteiger partial charge in [0.15, 0.2) is 0 Å². The maximum absolute atomic E-state index is 10.7. The van der Waals surface area contributed by atoms with E-state index in [2.05, 4.69) is 243 Å². The fourth-order valence-electron chi connectivity index (χ4n) is 9.19. The Morgan fingerprint density at radius 2 is 0.595 bits per heavy atom. The second-order valence-electron chi connectivity index (χ2n) is 23.9. The highest BCUT2D eigenvalue weighted by Crippen LogP contribution is 2.22. The van der Waals surface area contributed by atoms with Gasteiger partial charge in [0.25, 0.3) is 0 Å². The molecule has 0 fully saturated rings. The van der Waals surface area contributed by atoms with Crippen LogP contribution in [0.3, 0.4) is 0 Å². The number of thiophene rings is 1. The van der Waals surface area contributed by atoms with E-state index in [4.69, 9.17) is 4.42 Å². The molecule has 0 aliphatic carbocycles. The number of hydrogen-bond donors (Lipinski definition) is 0. The first-order valence-electron chi connectivity index (χ1n) is 45.6. The van der Waals surface area contributed by atoms with Crippen LogP contribution in [0.5, 0.6) is 0 Å². The normalized spacial score (nSPS) is 8.95. The number of hydrogen-bond acceptors (Lipinski definition) is 7. The molecule has 14 aromatic rings. The first-order valence-corrected chi connectivity index (χ1v) is 46.6. The van der Waals surface area contributed by atoms with Crippen LogP contribution >= 0.6 is 11.3 Å². The zero-order valence-electron chi connectivity index (χ0n) is 85.2. The standard InChI is InChI=1S/C14H14.C14H12.C12H12.C12H14.C9H6O2.C8H10.C6H9N3.C6H10.C5H7N.C4H4O.C4H4S.C4H8.10C2H6/c1-11-3-7-13(8-4-11)14-9-5-12(2)6-10-14;1-3-7-13(8-4-1)11-12-14-9-5-2-6-10-14;1-9-5-3-7-11-8-4-6-10(2)12(9)11;1-3-5-11-7-9-12(6-4-2)10-8-11;10-9-6-5-7-3-1-2-4-8(7)11-9;1-7-3-5-8(2)6-4-7;1-4-7-5(2)9-6(3)8-4;1-3-5-6-4-2;1-6-4-2-3-5-6;2*1-2-4-5-3-1;1-3-4-2;10*1-2/h3-10H,1-2H3;1-12H;3-8H,1-2H3;3-10H,1-2H3;1-6H;3-6H,1-2H3;1-3H3;3-6H,1-2H3;2-5H,1H3;2*1-4H;3-4H,1-2H3;10*1-2H3. The molecule has 0 bridgehead atoms. The first kappa shape index (κ1) is 130. The Morgan fingerprint density at radius 3 is 0.865 bits per heavy atom. The molecule has 8 heteroatoms. The van der Waals surface area contributed by atoms with E-state index in [0.29, 0.717) is 5.58 Å². The quantitative estimate of drug-likeness (QED) is 0.0713. The van der Waals surface area contributed by atoms with Gasteiger partial charge in [0.1, 0.15) is 23.1 Å². The summed E-state index contributed by atoms with van der Waals surface area (Å²) in [6.45, 7) is 70.4. The molecule has 126 heavy (non-hydrogen) atoms. The molecule has 14 rings (SSSR count). The summed E-state index contributed by atoms with van der Waals surface area (Å²) in [7, 11) is 2.00. The molecule has 0 saturated carbocycles. The summed E-state index contributed by atoms with van der Waals surface area (Å²) in [6, 6.07) is 90.0. The minimum Gasteiger partial charge on any atom is -0.473 e. The summed E-state index contributed by atoms with van der Waals surface area (Å²) >= 11 is 1.71. The Labute approximate surface area is 775 Å². The third-order valence-corrected chi connectivity index (χ3v) is 15.3. The highest BCUT2D eigenvalue weighted by molar-refractivity contribution is 7.07. The lowest BCUT2D eigenvalue weighted by molar-refractivity contribution is 0.561. The van der Waals surface area contributed by atoms with E-state index in [9.17, 15) is 4.79 Å². The van der Waals surface area contributed by atoms with Crippen LogP contribution in [0.25, 0.3) is 57.2 Å². The summed E-state index contributed by atoms with van der Waals surface area (Å²) in [5.74, 6) is 2.38. The summed E-state index contributed by atoms with van der Waals surface area (Å²) in [4.78, 5) is 22.8. The summed E-state index contributed by atoms with van der Waals surface area (Å²) in [5, 5.41) is 7.78. The Bertz CT molecular complexity index is 4430. The third-order valence-electron chi connectivity index (χ3n) is 14.6. The number of aromatic nitrogens is 4. The van der Waals surface area contributed by atoms with Gasteiger partial charge in [-0.05, 0) is 206 Å². The van der Waals surface area contributed by atoms with Gasteiger partial charge in [0.05, 0.1) is 12.5 Å². The molecule has 5 heterocycles. The van der Waals surface area contributed by atoms with Crippen molar-refractivity contribution in [1.82, 2.24) is 19.5 Å². The van der Waals surface area contributed by atoms with Crippen LogP contribution in [0.2, 0.25) is 0 Å². The van der Waals surface area contributed by atoms with Crippen LogP contribution in [0.4, 0.5) is 0 Å². The number of benzene rings is 9. The van der Waals surface area contributed by atoms with Crippen molar-refractivity contribution in [1.29, 1.82) is 0 Å². The van der Waals surface area contributed by atoms with Gasteiger partial charge in [-0.1, -0.05) is 458 Å². The fourth-order valence-corrected chi connectivity index (χ4v) is 9.64. The van der Waals surface area contributed by atoms with Crippen LogP contribution in [0.15, 0.2) is 365 Å². The van der Waals surface area contributed by atoms with Crippen molar-refractivity contribution in [2.75, 3.05) is 0 Å². The van der Waals surface area contributed by atoms with E-state index in [-0.39, 0.29) is 5.63 Å². The Hall–Kier alpha value is -11.8. The first-order chi connectivity index (χ1) is 61.4. The molecule has 686 valence electrons. The van der Waals surface area contributed by atoms with Gasteiger partial charge in [-0.3, -0.25) is 0 Å². The minimum atomic E-state index is -0.302. The molecule has 0 unspecified atom stereocenters. The number of nitrogens with zero attached hydrogens (tertiary/aromatic N) is 4. The average molecular weight is 1720 g/mol. The fraction of sp³-hybridized carbons (Fsp3) is 0.305. The predicted octanol–water partition coefficient (Wildman–Crippen LogP) is 38.0. The second kappa shape index (κ2) is 100. The molecule has 0 saturated heterocycles. The van der Waals surface area contributed by atoms with E-state index in [1.807, 2.05) is 375 Å². The van der Waals surface area contributed by atoms with Crippen LogP contribution < -0.4 is 5.63 Å². The van der Waals surface area contributed by atoms with E-state index in [1.165, 1.54) is 83.6 Å². The van der Waals surface area contributed by atoms with Crippen LogP contribution in [-0.2, 0) is 7.05 Å². The van der Waals surface area contributed by atoms with Crippen molar-refractivity contribution in [3.05, 3.63) is 435 Å². The third kappa shape index (κ3) is 74.8. The molecule has 0 N–H and O–H groups in total. The van der Waals surface area contributed by atoms with Crippen LogP contribution in [0.1, 0.15) is 253 Å². The number of para-hydroxylation sites is 1. The number of allylic oxidation sites excluding steroid dienone is 8. The number of aryl methyl sites for hydroxylation is 10. The lowest BCUT2D eigenvalue weighted by Crippen LogP contribution is -1.97. The van der Waals surface area contributed by atoms with Gasteiger partial charge >= 0.3 is 5.63 Å². The summed E-state index contributed by atoms with van der Waals surface area (Å²) in [6.07, 6.45) is 31.8. The zero-order valence-corrected chi connectivity index (χ0v) is 86.0. The molecular weight excluding hydrogens is 1550 g/mol. The monoisotopic (exact) mass is 1720 g/mol. The van der Waals surface area contributed by atoms with E-state index in [1.54, 1.807) is 36.0 Å². The highest BCUT2D eigenvalue weighted by atomic mass is 32.1. The topological polar surface area (TPSA) is 87.0 Å². The average Bonchev–Trinajstić information content (AvgIpc) is 1.56. The summed E-state index contributed by atoms with van der Waals surface area (Å²) in [5.41, 5.74) is 15.9. The number of rotatable bonds is 6. The number of furan rings is 1. The highest BCUT2D eigenvalue weighted by Gasteiger charge is 1.99. The van der Waals surface area contributed by atoms with Gasteiger partial charge in [-0.15, -0.1) is 0 Å². The molecule has 0 aliphatic heterocycles. The van der Waals surface area contributed by atoms with Crippen LogP contribution in [0, 0.1) is 62.3 Å². The van der Waals surface area contributed by atoms with E-state index >= 15 is 0 Å². The maximum atomic E-state index is 10.7. The van der Waals surface area contributed by atoms with Gasteiger partial charge in [0, 0.05) is 30.9 Å². The molecule has 0 atom stereocenters. The molecular formula is C118H170N4O3S. The minimum absolute atomic E-state index is 0.302. The SMILES string of the molecule is C(=Cc1ccccc1)c1ccccc1.CC.CC.CC.CC.CC.CC.CC.CC.CC.CC.CC=CC.CC=CC=CC.CC=Cc1ccc(C=CC)cc1.Cc1ccc(-c2ccc(C)cc2)cc1.Cc1ccc(C)cc1.Cc1cccc2cccc(C)c12.Cc1nc(C)nc(C)n1.Cn1cccc1.O=c1ccc2ccccc2o1.c1ccoc1.c1ccsc1. The Morgan fingerprint density at radius 1 is 0.286 bits per heavy atom. The van der Waals surface area contributed by atoms with Crippen molar-refractivity contribution < 1.29 is 8.83 Å². The Balaban J connectivity index is -0.000000200. The van der Waals surface area contributed by atoms with Crippen molar-refractivity contribution >= 4 is 57.4 Å². The second-order valence-corrected chi connectivity index (χ2v) is 24.7. The van der Waals surface area contributed by atoms with E-state index < -0.39 is 0 Å². The molecule has 0 radical (unpaired) electrons.